The summed E-state index contributed by atoms with van der Waals surface area (Å²) in [6.07, 6.45) is 0.533. The van der Waals surface area contributed by atoms with Crippen molar-refractivity contribution in [2.24, 2.45) is 0 Å². The molecule has 156 valence electrons. The number of hydrogen-bond acceptors (Lipinski definition) is 5. The molecule has 0 radical (unpaired) electrons. The molecule has 0 N–H and O–H groups in total. The van der Waals surface area contributed by atoms with Gasteiger partial charge in [0.25, 0.3) is 0 Å². The predicted molar refractivity (Wildman–Crippen MR) is 124 cm³/mol. The molecule has 0 unspecified atom stereocenters. The molecule has 0 aliphatic rings. The summed E-state index contributed by atoms with van der Waals surface area (Å²) in [5, 5.41) is 2.94. The molecule has 5 heteroatoms. The van der Waals surface area contributed by atoms with E-state index in [9.17, 15) is 9.59 Å². The van der Waals surface area contributed by atoms with E-state index in [4.69, 9.17) is 9.47 Å². The number of esters is 2. The Labute approximate surface area is 185 Å². The quantitative estimate of drug-likeness (QED) is 0.192. The minimum Gasteiger partial charge on any atom is -0.425 e. The number of fused-ring (bicyclic) bond motifs is 2. The van der Waals surface area contributed by atoms with E-state index >= 15 is 0 Å². The number of carbonyl (C=O) groups excluding carboxylic acids is 2. The van der Waals surface area contributed by atoms with Gasteiger partial charge in [-0.3, -0.25) is 9.59 Å². The highest BCUT2D eigenvalue weighted by Gasteiger charge is 2.20. The molecular formula is C26H22O4S. The van der Waals surface area contributed by atoms with Crippen LogP contribution in [0.1, 0.15) is 26.7 Å². The second-order valence-electron chi connectivity index (χ2n) is 6.98. The van der Waals surface area contributed by atoms with E-state index < -0.39 is 0 Å². The number of rotatable bonds is 6. The lowest BCUT2D eigenvalue weighted by molar-refractivity contribution is -0.134. The Balaban J connectivity index is 1.97. The first-order valence-electron chi connectivity index (χ1n) is 10.2. The van der Waals surface area contributed by atoms with Gasteiger partial charge >= 0.3 is 11.9 Å². The van der Waals surface area contributed by atoms with E-state index in [1.54, 1.807) is 25.6 Å². The molecule has 4 nitrogen and oxygen atoms in total. The van der Waals surface area contributed by atoms with Gasteiger partial charge in [0, 0.05) is 44.2 Å². The van der Waals surface area contributed by atoms with E-state index in [1.807, 2.05) is 72.8 Å². The number of ether oxygens (including phenoxy) is 2. The zero-order chi connectivity index (χ0) is 21.8. The lowest BCUT2D eigenvalue weighted by Crippen LogP contribution is -2.09. The van der Waals surface area contributed by atoms with Crippen LogP contribution < -0.4 is 9.47 Å². The molecule has 0 aliphatic carbocycles. The SMILES string of the molecule is CCC(=O)Oc1c2ccccc2c(OC(=O)CC)c2cc(Sc3ccccc3)ccc12. The minimum atomic E-state index is -0.314. The lowest BCUT2D eigenvalue weighted by atomic mass is 10.0. The summed E-state index contributed by atoms with van der Waals surface area (Å²) in [5.74, 6) is 0.354. The Bertz CT molecular complexity index is 1260. The van der Waals surface area contributed by atoms with Gasteiger partial charge < -0.3 is 9.47 Å². The van der Waals surface area contributed by atoms with Gasteiger partial charge in [0.05, 0.1) is 0 Å². The molecule has 0 saturated carbocycles. The largest absolute Gasteiger partial charge is 0.425 e. The molecule has 31 heavy (non-hydrogen) atoms. The lowest BCUT2D eigenvalue weighted by Gasteiger charge is -2.17. The third-order valence-corrected chi connectivity index (χ3v) is 5.88. The van der Waals surface area contributed by atoms with Crippen molar-refractivity contribution >= 4 is 45.2 Å². The van der Waals surface area contributed by atoms with E-state index in [2.05, 4.69) is 0 Å². The maximum atomic E-state index is 12.2. The molecule has 0 fully saturated rings. The van der Waals surface area contributed by atoms with Crippen molar-refractivity contribution in [2.75, 3.05) is 0 Å². The van der Waals surface area contributed by atoms with Crippen LogP contribution >= 0.6 is 11.8 Å². The Morgan fingerprint density at radius 1 is 0.645 bits per heavy atom. The third-order valence-electron chi connectivity index (χ3n) is 4.88. The van der Waals surface area contributed by atoms with Crippen LogP contribution in [0.15, 0.2) is 82.6 Å². The fraction of sp³-hybridized carbons (Fsp3) is 0.154. The summed E-state index contributed by atoms with van der Waals surface area (Å²) in [6, 6.07) is 23.5. The highest BCUT2D eigenvalue weighted by molar-refractivity contribution is 7.99. The highest BCUT2D eigenvalue weighted by atomic mass is 32.2. The maximum absolute atomic E-state index is 12.2. The molecule has 0 atom stereocenters. The molecule has 0 bridgehead atoms. The molecule has 0 aromatic heterocycles. The summed E-state index contributed by atoms with van der Waals surface area (Å²) < 4.78 is 11.5. The van der Waals surface area contributed by atoms with Crippen LogP contribution in [0.5, 0.6) is 11.5 Å². The highest BCUT2D eigenvalue weighted by Crippen LogP contribution is 2.44. The smallest absolute Gasteiger partial charge is 0.310 e. The molecule has 4 rings (SSSR count). The van der Waals surface area contributed by atoms with Gasteiger partial charge in [0.1, 0.15) is 11.5 Å². The number of hydrogen-bond donors (Lipinski definition) is 0. The van der Waals surface area contributed by atoms with Gasteiger partial charge in [0.15, 0.2) is 0 Å². The standard InChI is InChI=1S/C26H22O4S/c1-3-23(27)29-25-19-12-8-9-13-20(19)26(30-24(28)4-2)22-16-18(14-15-21(22)25)31-17-10-6-5-7-11-17/h5-16H,3-4H2,1-2H3. The molecule has 0 amide bonds. The van der Waals surface area contributed by atoms with Gasteiger partial charge in [-0.25, -0.2) is 0 Å². The number of carbonyl (C=O) groups is 2. The van der Waals surface area contributed by atoms with Crippen LogP contribution in [0.2, 0.25) is 0 Å². The van der Waals surface area contributed by atoms with Gasteiger partial charge in [-0.15, -0.1) is 0 Å². The zero-order valence-corrected chi connectivity index (χ0v) is 18.2. The molecule has 0 heterocycles. The summed E-state index contributed by atoms with van der Waals surface area (Å²) in [6.45, 7) is 3.53. The zero-order valence-electron chi connectivity index (χ0n) is 17.4. The van der Waals surface area contributed by atoms with Crippen molar-refractivity contribution in [3.63, 3.8) is 0 Å². The van der Waals surface area contributed by atoms with Crippen molar-refractivity contribution in [1.29, 1.82) is 0 Å². The van der Waals surface area contributed by atoms with E-state index in [0.717, 1.165) is 31.3 Å². The van der Waals surface area contributed by atoms with Gasteiger partial charge in [-0.05, 0) is 30.3 Å². The fourth-order valence-electron chi connectivity index (χ4n) is 3.36. The maximum Gasteiger partial charge on any atom is 0.310 e. The topological polar surface area (TPSA) is 52.6 Å². The van der Waals surface area contributed by atoms with Crippen LogP contribution in [-0.2, 0) is 9.59 Å². The van der Waals surface area contributed by atoms with Crippen LogP contribution in [-0.4, -0.2) is 11.9 Å². The van der Waals surface area contributed by atoms with Crippen LogP contribution in [0.3, 0.4) is 0 Å². The van der Waals surface area contributed by atoms with Crippen molar-refractivity contribution in [3.8, 4) is 11.5 Å². The van der Waals surface area contributed by atoms with E-state index in [0.29, 0.717) is 11.5 Å². The monoisotopic (exact) mass is 430 g/mol. The average Bonchev–Trinajstić information content (AvgIpc) is 2.81. The van der Waals surface area contributed by atoms with Crippen molar-refractivity contribution < 1.29 is 19.1 Å². The summed E-state index contributed by atoms with van der Waals surface area (Å²) in [4.78, 5) is 26.5. The number of benzene rings is 4. The molecular weight excluding hydrogens is 408 g/mol. The second kappa shape index (κ2) is 9.23. The first-order valence-corrected chi connectivity index (χ1v) is 11.0. The molecule has 4 aromatic carbocycles. The van der Waals surface area contributed by atoms with E-state index in [1.165, 1.54) is 0 Å². The molecule has 4 aromatic rings. The van der Waals surface area contributed by atoms with Crippen molar-refractivity contribution in [3.05, 3.63) is 72.8 Å². The van der Waals surface area contributed by atoms with E-state index in [-0.39, 0.29) is 24.8 Å². The van der Waals surface area contributed by atoms with Crippen molar-refractivity contribution in [1.82, 2.24) is 0 Å². The average molecular weight is 431 g/mol. The predicted octanol–water partition coefficient (Wildman–Crippen LogP) is 6.78. The van der Waals surface area contributed by atoms with Crippen LogP contribution in [0, 0.1) is 0 Å². The summed E-state index contributed by atoms with van der Waals surface area (Å²) >= 11 is 1.62. The first kappa shape index (κ1) is 20.9. The summed E-state index contributed by atoms with van der Waals surface area (Å²) in [7, 11) is 0. The van der Waals surface area contributed by atoms with Gasteiger partial charge in [-0.1, -0.05) is 68.1 Å². The Morgan fingerprint density at radius 3 is 1.74 bits per heavy atom. The minimum absolute atomic E-state index is 0.265. The van der Waals surface area contributed by atoms with Gasteiger partial charge in [0.2, 0.25) is 0 Å². The van der Waals surface area contributed by atoms with Crippen LogP contribution in [0.25, 0.3) is 21.5 Å². The Kier molecular flexibility index (Phi) is 6.23. The van der Waals surface area contributed by atoms with Crippen molar-refractivity contribution in [2.45, 2.75) is 36.5 Å². The van der Waals surface area contributed by atoms with Crippen LogP contribution in [0.4, 0.5) is 0 Å². The molecule has 0 saturated heterocycles. The normalized spacial score (nSPS) is 10.9. The first-order chi connectivity index (χ1) is 15.1. The molecule has 0 spiro atoms. The third kappa shape index (κ3) is 4.42. The molecule has 0 aliphatic heterocycles. The second-order valence-corrected chi connectivity index (χ2v) is 8.13. The fourth-order valence-corrected chi connectivity index (χ4v) is 4.24. The Hall–Kier alpha value is -3.31. The van der Waals surface area contributed by atoms with Gasteiger partial charge in [-0.2, -0.15) is 0 Å². The Morgan fingerprint density at radius 2 is 1.16 bits per heavy atom. The summed E-state index contributed by atoms with van der Waals surface area (Å²) in [5.41, 5.74) is 0.